The van der Waals surface area contributed by atoms with E-state index in [1.807, 2.05) is 6.20 Å². The van der Waals surface area contributed by atoms with Crippen molar-refractivity contribution in [1.82, 2.24) is 9.78 Å². The van der Waals surface area contributed by atoms with E-state index < -0.39 is 0 Å². The Morgan fingerprint density at radius 1 is 1.38 bits per heavy atom. The quantitative estimate of drug-likeness (QED) is 0.646. The first-order valence-corrected chi connectivity index (χ1v) is 4.78. The molecule has 1 aliphatic rings. The van der Waals surface area contributed by atoms with Crippen LogP contribution in [-0.4, -0.2) is 9.78 Å². The van der Waals surface area contributed by atoms with Gasteiger partial charge in [-0.05, 0) is 31.4 Å². The van der Waals surface area contributed by atoms with Gasteiger partial charge >= 0.3 is 0 Å². The average Bonchev–Trinajstić information content (AvgIpc) is 2.87. The van der Waals surface area contributed by atoms with E-state index in [4.69, 9.17) is 0 Å². The van der Waals surface area contributed by atoms with Crippen LogP contribution in [0.3, 0.4) is 0 Å². The van der Waals surface area contributed by atoms with E-state index in [-0.39, 0.29) is 0 Å². The van der Waals surface area contributed by atoms with Crippen LogP contribution in [0.15, 0.2) is 24.4 Å². The molecule has 3 rings (SSSR count). The van der Waals surface area contributed by atoms with Gasteiger partial charge in [0, 0.05) is 5.39 Å². The van der Waals surface area contributed by atoms with Crippen molar-refractivity contribution in [3.63, 3.8) is 0 Å². The number of fused-ring (bicyclic) bond motifs is 1. The zero-order chi connectivity index (χ0) is 8.84. The summed E-state index contributed by atoms with van der Waals surface area (Å²) in [5, 5.41) is 5.68. The van der Waals surface area contributed by atoms with Crippen molar-refractivity contribution < 1.29 is 0 Å². The minimum absolute atomic E-state index is 0.680. The predicted molar refractivity (Wildman–Crippen MR) is 52.7 cm³/mol. The molecular formula is C11H12N2. The molecule has 0 radical (unpaired) electrons. The fourth-order valence-electron chi connectivity index (χ4n) is 1.76. The van der Waals surface area contributed by atoms with Gasteiger partial charge in [0.15, 0.2) is 0 Å². The van der Waals surface area contributed by atoms with Gasteiger partial charge in [-0.15, -0.1) is 0 Å². The van der Waals surface area contributed by atoms with E-state index in [1.54, 1.807) is 0 Å². The summed E-state index contributed by atoms with van der Waals surface area (Å²) in [6.07, 6.45) is 4.56. The first-order valence-electron chi connectivity index (χ1n) is 4.78. The largest absolute Gasteiger partial charge is 0.262 e. The van der Waals surface area contributed by atoms with Crippen molar-refractivity contribution in [2.75, 3.05) is 0 Å². The van der Waals surface area contributed by atoms with Crippen LogP contribution in [0, 0.1) is 6.92 Å². The summed E-state index contributed by atoms with van der Waals surface area (Å²) in [5.41, 5.74) is 2.61. The third-order valence-electron chi connectivity index (χ3n) is 2.65. The molecule has 0 N–H and O–H groups in total. The smallest absolute Gasteiger partial charge is 0.0688 e. The molecule has 13 heavy (non-hydrogen) atoms. The van der Waals surface area contributed by atoms with Crippen LogP contribution in [0.5, 0.6) is 0 Å². The molecule has 0 spiro atoms. The molecule has 1 aromatic carbocycles. The lowest BCUT2D eigenvalue weighted by molar-refractivity contribution is 0.665. The van der Waals surface area contributed by atoms with Crippen molar-refractivity contribution >= 4 is 10.9 Å². The van der Waals surface area contributed by atoms with Crippen molar-refractivity contribution in [1.29, 1.82) is 0 Å². The molecule has 1 aliphatic carbocycles. The molecule has 1 aromatic heterocycles. The Balaban J connectivity index is 2.29. The van der Waals surface area contributed by atoms with Gasteiger partial charge in [0.05, 0.1) is 17.8 Å². The van der Waals surface area contributed by atoms with E-state index in [0.29, 0.717) is 6.04 Å². The van der Waals surface area contributed by atoms with Crippen LogP contribution >= 0.6 is 0 Å². The summed E-state index contributed by atoms with van der Waals surface area (Å²) in [4.78, 5) is 0. The second kappa shape index (κ2) is 2.34. The Morgan fingerprint density at radius 3 is 3.00 bits per heavy atom. The molecule has 2 aromatic rings. The molecule has 1 fully saturated rings. The van der Waals surface area contributed by atoms with Crippen LogP contribution in [0.4, 0.5) is 0 Å². The number of rotatable bonds is 1. The number of hydrogen-bond acceptors (Lipinski definition) is 1. The summed E-state index contributed by atoms with van der Waals surface area (Å²) in [7, 11) is 0. The van der Waals surface area contributed by atoms with Gasteiger partial charge < -0.3 is 0 Å². The third kappa shape index (κ3) is 1.05. The third-order valence-corrected chi connectivity index (χ3v) is 2.65. The summed E-state index contributed by atoms with van der Waals surface area (Å²) >= 11 is 0. The lowest BCUT2D eigenvalue weighted by atomic mass is 10.2. The lowest BCUT2D eigenvalue weighted by Gasteiger charge is -2.00. The van der Waals surface area contributed by atoms with Crippen LogP contribution < -0.4 is 0 Å². The Bertz CT molecular complexity index is 452. The minimum atomic E-state index is 0.680. The van der Waals surface area contributed by atoms with E-state index in [0.717, 1.165) is 0 Å². The Morgan fingerprint density at radius 2 is 2.23 bits per heavy atom. The highest BCUT2D eigenvalue weighted by Crippen LogP contribution is 2.36. The van der Waals surface area contributed by atoms with Crippen molar-refractivity contribution in [2.45, 2.75) is 25.8 Å². The number of aromatic nitrogens is 2. The van der Waals surface area contributed by atoms with Gasteiger partial charge in [-0.25, -0.2) is 0 Å². The highest BCUT2D eigenvalue weighted by molar-refractivity contribution is 5.79. The van der Waals surface area contributed by atoms with E-state index >= 15 is 0 Å². The molecule has 0 atom stereocenters. The maximum Gasteiger partial charge on any atom is 0.0688 e. The summed E-state index contributed by atoms with van der Waals surface area (Å²) in [6.45, 7) is 2.13. The van der Waals surface area contributed by atoms with Crippen LogP contribution in [0.25, 0.3) is 10.9 Å². The number of aryl methyl sites for hydroxylation is 1. The van der Waals surface area contributed by atoms with Gasteiger partial charge in [-0.2, -0.15) is 5.10 Å². The van der Waals surface area contributed by atoms with Gasteiger partial charge in [-0.3, -0.25) is 4.68 Å². The van der Waals surface area contributed by atoms with Crippen molar-refractivity contribution in [3.05, 3.63) is 30.0 Å². The monoisotopic (exact) mass is 172 g/mol. The zero-order valence-electron chi connectivity index (χ0n) is 7.70. The Kier molecular flexibility index (Phi) is 1.29. The molecule has 0 amide bonds. The molecular weight excluding hydrogens is 160 g/mol. The molecule has 66 valence electrons. The fraction of sp³-hybridized carbons (Fsp3) is 0.364. The first kappa shape index (κ1) is 7.13. The number of nitrogens with zero attached hydrogens (tertiary/aromatic N) is 2. The molecule has 2 heteroatoms. The Labute approximate surface area is 77.2 Å². The number of benzene rings is 1. The van der Waals surface area contributed by atoms with Crippen LogP contribution in [0.2, 0.25) is 0 Å². The topological polar surface area (TPSA) is 17.8 Å². The summed E-state index contributed by atoms with van der Waals surface area (Å²) < 4.78 is 2.17. The molecule has 0 saturated heterocycles. The molecule has 0 bridgehead atoms. The maximum atomic E-state index is 4.42. The van der Waals surface area contributed by atoms with Crippen molar-refractivity contribution in [3.8, 4) is 0 Å². The highest BCUT2D eigenvalue weighted by atomic mass is 15.3. The minimum Gasteiger partial charge on any atom is -0.262 e. The molecule has 1 saturated carbocycles. The average molecular weight is 172 g/mol. The molecule has 2 nitrogen and oxygen atoms in total. The summed E-state index contributed by atoms with van der Waals surface area (Å²) in [5.74, 6) is 0. The van der Waals surface area contributed by atoms with Gasteiger partial charge in [0.1, 0.15) is 0 Å². The fourth-order valence-corrected chi connectivity index (χ4v) is 1.76. The highest BCUT2D eigenvalue weighted by Gasteiger charge is 2.25. The standard InChI is InChI=1S/C11H12N2/c1-8-2-3-9-7-12-13(10-4-5-10)11(9)6-8/h2-3,6-7,10H,4-5H2,1H3. The SMILES string of the molecule is Cc1ccc2cnn(C3CC3)c2c1. The first-order chi connectivity index (χ1) is 6.34. The molecule has 0 unspecified atom stereocenters. The normalized spacial score (nSPS) is 16.7. The predicted octanol–water partition coefficient (Wildman–Crippen LogP) is 2.68. The second-order valence-electron chi connectivity index (χ2n) is 3.88. The molecule has 1 heterocycles. The second-order valence-corrected chi connectivity index (χ2v) is 3.88. The van der Waals surface area contributed by atoms with Gasteiger partial charge in [-0.1, -0.05) is 12.1 Å². The van der Waals surface area contributed by atoms with Crippen LogP contribution in [-0.2, 0) is 0 Å². The summed E-state index contributed by atoms with van der Waals surface area (Å²) in [6, 6.07) is 7.19. The van der Waals surface area contributed by atoms with E-state index in [2.05, 4.69) is 34.9 Å². The van der Waals surface area contributed by atoms with Gasteiger partial charge in [0.25, 0.3) is 0 Å². The van der Waals surface area contributed by atoms with E-state index in [1.165, 1.54) is 29.3 Å². The molecule has 0 aliphatic heterocycles. The van der Waals surface area contributed by atoms with E-state index in [9.17, 15) is 0 Å². The maximum absolute atomic E-state index is 4.42. The zero-order valence-corrected chi connectivity index (χ0v) is 7.70. The lowest BCUT2D eigenvalue weighted by Crippen LogP contribution is -1.94. The number of hydrogen-bond donors (Lipinski definition) is 0. The van der Waals surface area contributed by atoms with Crippen molar-refractivity contribution in [2.24, 2.45) is 0 Å². The van der Waals surface area contributed by atoms with Crippen LogP contribution in [0.1, 0.15) is 24.4 Å². The Hall–Kier alpha value is -1.31. The van der Waals surface area contributed by atoms with Gasteiger partial charge in [0.2, 0.25) is 0 Å².